The normalized spacial score (nSPS) is 13.5. The lowest BCUT2D eigenvalue weighted by atomic mass is 10.2. The molecule has 3 N–H and O–H groups in total. The topological polar surface area (TPSA) is 108 Å². The van der Waals surface area contributed by atoms with Crippen LogP contribution in [0.1, 0.15) is 16.1 Å². The van der Waals surface area contributed by atoms with Gasteiger partial charge in [0.25, 0.3) is 5.91 Å². The first kappa shape index (κ1) is 17.2. The van der Waals surface area contributed by atoms with Gasteiger partial charge in [-0.05, 0) is 31.2 Å². The third-order valence-corrected chi connectivity index (χ3v) is 4.80. The number of nitrogen functional groups attached to an aromatic ring is 1. The Kier molecular flexibility index (Phi) is 3.90. The number of para-hydroxylation sites is 1. The summed E-state index contributed by atoms with van der Waals surface area (Å²) in [4.78, 5) is 25.9. The van der Waals surface area contributed by atoms with Gasteiger partial charge in [0.05, 0.1) is 17.8 Å². The summed E-state index contributed by atoms with van der Waals surface area (Å²) >= 11 is 0. The van der Waals surface area contributed by atoms with Gasteiger partial charge in [-0.25, -0.2) is 9.97 Å². The Labute approximate surface area is 166 Å². The second kappa shape index (κ2) is 6.59. The number of nitrogens with two attached hydrogens (primary N) is 1. The number of nitrogens with zero attached hydrogens (tertiary/aromatic N) is 4. The molecular weight excluding hydrogens is 368 g/mol. The van der Waals surface area contributed by atoms with E-state index in [1.807, 2.05) is 60.0 Å². The van der Waals surface area contributed by atoms with E-state index in [4.69, 9.17) is 10.5 Å². The number of ether oxygens (including phenoxy) is 1. The molecule has 8 nitrogen and oxygen atoms in total. The number of aromatic nitrogens is 4. The molecule has 1 aliphatic rings. The lowest BCUT2D eigenvalue weighted by molar-refractivity contribution is 0.0957. The molecule has 0 radical (unpaired) electrons. The van der Waals surface area contributed by atoms with Crippen molar-refractivity contribution in [2.75, 3.05) is 18.9 Å². The predicted molar refractivity (Wildman–Crippen MR) is 109 cm³/mol. The Morgan fingerprint density at radius 3 is 2.83 bits per heavy atom. The van der Waals surface area contributed by atoms with Crippen LogP contribution in [0.4, 0.5) is 5.82 Å². The summed E-state index contributed by atoms with van der Waals surface area (Å²) in [5, 5.41) is 3.74. The maximum absolute atomic E-state index is 12.3. The van der Waals surface area contributed by atoms with Gasteiger partial charge >= 0.3 is 0 Å². The number of rotatable bonds is 2. The molecule has 4 heterocycles. The van der Waals surface area contributed by atoms with E-state index in [2.05, 4.69) is 20.3 Å². The second-order valence-electron chi connectivity index (χ2n) is 6.78. The van der Waals surface area contributed by atoms with Gasteiger partial charge in [-0.15, -0.1) is 0 Å². The number of hydrogen-bond donors (Lipinski definition) is 2. The average molecular weight is 386 g/mol. The predicted octanol–water partition coefficient (Wildman–Crippen LogP) is 2.50. The fraction of sp³-hybridized carbons (Fsp3) is 0.143. The monoisotopic (exact) mass is 386 g/mol. The molecule has 1 aromatic carbocycles. The molecule has 0 saturated carbocycles. The van der Waals surface area contributed by atoms with Crippen molar-refractivity contribution in [1.29, 1.82) is 0 Å². The van der Waals surface area contributed by atoms with E-state index in [0.717, 1.165) is 22.4 Å². The summed E-state index contributed by atoms with van der Waals surface area (Å²) in [5.41, 5.74) is 8.88. The highest BCUT2D eigenvalue weighted by atomic mass is 16.5. The molecule has 5 rings (SSSR count). The van der Waals surface area contributed by atoms with Crippen molar-refractivity contribution in [3.05, 3.63) is 59.8 Å². The molecule has 0 saturated heterocycles. The van der Waals surface area contributed by atoms with Gasteiger partial charge in [0.2, 0.25) is 5.88 Å². The first-order valence-corrected chi connectivity index (χ1v) is 9.25. The van der Waals surface area contributed by atoms with Crippen LogP contribution in [0, 0.1) is 6.92 Å². The summed E-state index contributed by atoms with van der Waals surface area (Å²) in [6.07, 6.45) is 0. The van der Waals surface area contributed by atoms with Crippen LogP contribution in [-0.2, 0) is 0 Å². The number of amides is 1. The summed E-state index contributed by atoms with van der Waals surface area (Å²) in [6.45, 7) is 2.65. The molecule has 144 valence electrons. The maximum Gasteiger partial charge on any atom is 0.260 e. The Morgan fingerprint density at radius 1 is 1.10 bits per heavy atom. The van der Waals surface area contributed by atoms with Crippen molar-refractivity contribution in [1.82, 2.24) is 24.8 Å². The van der Waals surface area contributed by atoms with Gasteiger partial charge in [-0.1, -0.05) is 24.3 Å². The Bertz CT molecular complexity index is 1260. The minimum atomic E-state index is -0.331. The van der Waals surface area contributed by atoms with E-state index in [0.29, 0.717) is 24.7 Å². The van der Waals surface area contributed by atoms with Crippen molar-refractivity contribution in [2.24, 2.45) is 0 Å². The second-order valence-corrected chi connectivity index (χ2v) is 6.78. The van der Waals surface area contributed by atoms with Crippen molar-refractivity contribution >= 4 is 22.6 Å². The molecule has 0 aliphatic carbocycles. The van der Waals surface area contributed by atoms with E-state index >= 15 is 0 Å². The third-order valence-electron chi connectivity index (χ3n) is 4.80. The number of fused-ring (bicyclic) bond motifs is 2. The summed E-state index contributed by atoms with van der Waals surface area (Å²) in [6, 6.07) is 15.8. The van der Waals surface area contributed by atoms with Gasteiger partial charge in [0.15, 0.2) is 5.82 Å². The van der Waals surface area contributed by atoms with E-state index < -0.39 is 0 Å². The minimum Gasteiger partial charge on any atom is -0.475 e. The van der Waals surface area contributed by atoms with Crippen LogP contribution in [-0.4, -0.2) is 38.6 Å². The van der Waals surface area contributed by atoms with Gasteiger partial charge in [-0.2, -0.15) is 4.98 Å². The molecule has 1 amide bonds. The van der Waals surface area contributed by atoms with E-state index in [9.17, 15) is 4.79 Å². The van der Waals surface area contributed by atoms with Crippen LogP contribution in [0.2, 0.25) is 0 Å². The summed E-state index contributed by atoms with van der Waals surface area (Å²) in [5.74, 6) is 1.06. The average Bonchev–Trinajstić information content (AvgIpc) is 3.00. The number of carbonyl (C=O) groups excluding carboxylic acids is 1. The lowest BCUT2D eigenvalue weighted by Gasteiger charge is -2.12. The zero-order chi connectivity index (χ0) is 20.0. The van der Waals surface area contributed by atoms with Gasteiger partial charge in [-0.3, -0.25) is 9.36 Å². The fourth-order valence-electron chi connectivity index (χ4n) is 3.51. The summed E-state index contributed by atoms with van der Waals surface area (Å²) < 4.78 is 7.65. The Hall–Kier alpha value is -3.94. The maximum atomic E-state index is 12.3. The van der Waals surface area contributed by atoms with E-state index in [1.165, 1.54) is 0 Å². The van der Waals surface area contributed by atoms with Crippen LogP contribution in [0.25, 0.3) is 28.2 Å². The molecule has 4 aromatic rings. The van der Waals surface area contributed by atoms with Crippen LogP contribution in [0.5, 0.6) is 5.88 Å². The number of hydrogen-bond acceptors (Lipinski definition) is 6. The highest BCUT2D eigenvalue weighted by molar-refractivity contribution is 6.01. The van der Waals surface area contributed by atoms with Gasteiger partial charge in [0, 0.05) is 11.1 Å². The highest BCUT2D eigenvalue weighted by Crippen LogP contribution is 2.32. The largest absolute Gasteiger partial charge is 0.475 e. The Morgan fingerprint density at radius 2 is 1.97 bits per heavy atom. The molecular formula is C21H18N6O2. The van der Waals surface area contributed by atoms with Crippen molar-refractivity contribution in [2.45, 2.75) is 6.92 Å². The van der Waals surface area contributed by atoms with Crippen molar-refractivity contribution in [3.8, 4) is 23.2 Å². The molecule has 0 unspecified atom stereocenters. The fourth-order valence-corrected chi connectivity index (χ4v) is 3.51. The van der Waals surface area contributed by atoms with Crippen LogP contribution < -0.4 is 15.8 Å². The number of pyridine rings is 1. The molecule has 0 bridgehead atoms. The number of nitrogens with one attached hydrogen (secondary N) is 1. The van der Waals surface area contributed by atoms with Crippen molar-refractivity contribution < 1.29 is 9.53 Å². The number of benzene rings is 1. The summed E-state index contributed by atoms with van der Waals surface area (Å²) in [7, 11) is 0. The standard InChI is InChI=1S/C21H18N6O2/c1-12-5-4-8-16(24-12)27-14-7-3-2-6-13(14)11-15(27)19-25-18(22)17-20(28)23-9-10-29-21(17)26-19/h2-8,11H,9-10H2,1H3,(H,23,28)(H2,22,25,26). The van der Waals surface area contributed by atoms with Crippen LogP contribution >= 0.6 is 0 Å². The first-order valence-electron chi connectivity index (χ1n) is 9.25. The van der Waals surface area contributed by atoms with Gasteiger partial charge < -0.3 is 15.8 Å². The number of aryl methyl sites for hydroxylation is 1. The molecule has 0 spiro atoms. The molecule has 0 fully saturated rings. The Balaban J connectivity index is 1.78. The van der Waals surface area contributed by atoms with E-state index in [-0.39, 0.29) is 23.2 Å². The number of anilines is 1. The first-order chi connectivity index (χ1) is 14.1. The van der Waals surface area contributed by atoms with Crippen LogP contribution in [0.3, 0.4) is 0 Å². The zero-order valence-electron chi connectivity index (χ0n) is 15.7. The number of carbonyl (C=O) groups is 1. The minimum absolute atomic E-state index is 0.0819. The van der Waals surface area contributed by atoms with E-state index in [1.54, 1.807) is 0 Å². The molecule has 29 heavy (non-hydrogen) atoms. The van der Waals surface area contributed by atoms with Crippen LogP contribution in [0.15, 0.2) is 48.5 Å². The molecule has 0 atom stereocenters. The molecule has 3 aromatic heterocycles. The smallest absolute Gasteiger partial charge is 0.260 e. The quantitative estimate of drug-likeness (QED) is 0.548. The molecule has 8 heteroatoms. The SMILES string of the molecule is Cc1cccc(-n2c(-c3nc(N)c4c(n3)OCCNC4=O)cc3ccccc32)n1. The van der Waals surface area contributed by atoms with Gasteiger partial charge in [0.1, 0.15) is 23.8 Å². The lowest BCUT2D eigenvalue weighted by Crippen LogP contribution is -2.25. The van der Waals surface area contributed by atoms with Crippen molar-refractivity contribution in [3.63, 3.8) is 0 Å². The zero-order valence-corrected chi connectivity index (χ0v) is 15.7. The molecule has 1 aliphatic heterocycles. The highest BCUT2D eigenvalue weighted by Gasteiger charge is 2.25. The third kappa shape index (κ3) is 2.85.